The summed E-state index contributed by atoms with van der Waals surface area (Å²) in [6.45, 7) is 0.304. The van der Waals surface area contributed by atoms with Crippen LogP contribution in [0.25, 0.3) is 0 Å². The Hall–Kier alpha value is -1.24. The summed E-state index contributed by atoms with van der Waals surface area (Å²) in [4.78, 5) is 7.47. The Morgan fingerprint density at radius 2 is 2.14 bits per heavy atom. The molecule has 2 unspecified atom stereocenters. The van der Waals surface area contributed by atoms with E-state index in [1.165, 1.54) is 12.3 Å². The van der Waals surface area contributed by atoms with Crippen molar-refractivity contribution in [1.29, 1.82) is 0 Å². The van der Waals surface area contributed by atoms with E-state index in [1.807, 2.05) is 0 Å². The number of rotatable bonds is 4. The number of nitrogens with zero attached hydrogens (tertiary/aromatic N) is 2. The largest absolute Gasteiger partial charge is 0.390 e. The molecule has 1 aromatic heterocycles. The van der Waals surface area contributed by atoms with Crippen molar-refractivity contribution in [3.8, 4) is 0 Å². The van der Waals surface area contributed by atoms with Crippen LogP contribution in [0.4, 0.5) is 5.95 Å². The van der Waals surface area contributed by atoms with Crippen LogP contribution in [0.5, 0.6) is 0 Å². The second kappa shape index (κ2) is 4.85. The van der Waals surface area contributed by atoms with Crippen LogP contribution in [0.3, 0.4) is 0 Å². The molecule has 0 radical (unpaired) electrons. The van der Waals surface area contributed by atoms with Gasteiger partial charge in [-0.2, -0.15) is 0 Å². The molecule has 1 rings (SSSR count). The number of nitrogen functional groups attached to an aromatic ring is 1. The minimum atomic E-state index is -1.07. The molecule has 0 bridgehead atoms. The Labute approximate surface area is 81.6 Å². The smallest absolute Gasteiger partial charge is 0.220 e. The minimum absolute atomic E-state index is 0.0708. The zero-order valence-corrected chi connectivity index (χ0v) is 7.67. The lowest BCUT2D eigenvalue weighted by atomic mass is 10.1. The number of hydrogen-bond acceptors (Lipinski definition) is 6. The SMILES string of the molecule is NCCC(O)C(O)c1ccnc(N)n1. The van der Waals surface area contributed by atoms with Crippen LogP contribution in [0, 0.1) is 0 Å². The van der Waals surface area contributed by atoms with E-state index in [1.54, 1.807) is 0 Å². The Kier molecular flexibility index (Phi) is 3.75. The van der Waals surface area contributed by atoms with Gasteiger partial charge in [0.25, 0.3) is 0 Å². The highest BCUT2D eigenvalue weighted by Crippen LogP contribution is 2.16. The molecule has 6 nitrogen and oxygen atoms in total. The van der Waals surface area contributed by atoms with Crippen molar-refractivity contribution in [2.75, 3.05) is 12.3 Å². The van der Waals surface area contributed by atoms with Gasteiger partial charge in [-0.1, -0.05) is 0 Å². The van der Waals surface area contributed by atoms with Gasteiger partial charge in [0, 0.05) is 6.20 Å². The Morgan fingerprint density at radius 3 is 2.71 bits per heavy atom. The van der Waals surface area contributed by atoms with Crippen molar-refractivity contribution in [1.82, 2.24) is 9.97 Å². The summed E-state index contributed by atoms with van der Waals surface area (Å²) < 4.78 is 0. The molecule has 0 saturated carbocycles. The van der Waals surface area contributed by atoms with Gasteiger partial charge >= 0.3 is 0 Å². The molecule has 1 aromatic rings. The van der Waals surface area contributed by atoms with Crippen molar-refractivity contribution in [3.05, 3.63) is 18.0 Å². The first-order valence-electron chi connectivity index (χ1n) is 4.29. The van der Waals surface area contributed by atoms with Crippen LogP contribution < -0.4 is 11.5 Å². The van der Waals surface area contributed by atoms with Gasteiger partial charge in [0.1, 0.15) is 6.10 Å². The summed E-state index contributed by atoms with van der Waals surface area (Å²) in [6, 6.07) is 1.50. The van der Waals surface area contributed by atoms with Crippen molar-refractivity contribution in [2.45, 2.75) is 18.6 Å². The molecule has 0 aliphatic heterocycles. The van der Waals surface area contributed by atoms with Crippen molar-refractivity contribution in [2.24, 2.45) is 5.73 Å². The number of aliphatic hydroxyl groups is 2. The highest BCUT2D eigenvalue weighted by molar-refractivity contribution is 5.19. The maximum Gasteiger partial charge on any atom is 0.220 e. The van der Waals surface area contributed by atoms with Gasteiger partial charge in [0.2, 0.25) is 5.95 Å². The fraction of sp³-hybridized carbons (Fsp3) is 0.500. The predicted molar refractivity (Wildman–Crippen MR) is 51.1 cm³/mol. The van der Waals surface area contributed by atoms with Gasteiger partial charge in [-0.15, -0.1) is 0 Å². The molecule has 2 atom stereocenters. The zero-order valence-electron chi connectivity index (χ0n) is 7.67. The molecular weight excluding hydrogens is 184 g/mol. The summed E-state index contributed by atoms with van der Waals surface area (Å²) in [5.41, 5.74) is 10.9. The van der Waals surface area contributed by atoms with Crippen LogP contribution in [-0.2, 0) is 0 Å². The van der Waals surface area contributed by atoms with Gasteiger partial charge in [0.05, 0.1) is 11.8 Å². The third-order valence-corrected chi connectivity index (χ3v) is 1.83. The van der Waals surface area contributed by atoms with Gasteiger partial charge in [-0.25, -0.2) is 9.97 Å². The topological polar surface area (TPSA) is 118 Å². The molecule has 6 heteroatoms. The lowest BCUT2D eigenvalue weighted by Gasteiger charge is -2.16. The molecule has 78 valence electrons. The van der Waals surface area contributed by atoms with Gasteiger partial charge < -0.3 is 21.7 Å². The molecule has 0 spiro atoms. The summed E-state index contributed by atoms with van der Waals surface area (Å²) >= 11 is 0. The molecule has 0 amide bonds. The van der Waals surface area contributed by atoms with E-state index < -0.39 is 12.2 Å². The molecule has 0 aliphatic carbocycles. The normalized spacial score (nSPS) is 15.1. The van der Waals surface area contributed by atoms with E-state index in [0.29, 0.717) is 18.7 Å². The van der Waals surface area contributed by atoms with Crippen LogP contribution >= 0.6 is 0 Å². The highest BCUT2D eigenvalue weighted by atomic mass is 16.3. The number of hydrogen-bond donors (Lipinski definition) is 4. The maximum atomic E-state index is 9.59. The molecule has 1 heterocycles. The third-order valence-electron chi connectivity index (χ3n) is 1.83. The number of nitrogens with two attached hydrogens (primary N) is 2. The van der Waals surface area contributed by atoms with E-state index in [9.17, 15) is 10.2 Å². The molecule has 6 N–H and O–H groups in total. The fourth-order valence-electron chi connectivity index (χ4n) is 1.08. The third kappa shape index (κ3) is 2.63. The fourth-order valence-corrected chi connectivity index (χ4v) is 1.08. The zero-order chi connectivity index (χ0) is 10.6. The van der Waals surface area contributed by atoms with E-state index in [-0.39, 0.29) is 5.95 Å². The number of anilines is 1. The lowest BCUT2D eigenvalue weighted by Crippen LogP contribution is -2.22. The van der Waals surface area contributed by atoms with Crippen molar-refractivity contribution < 1.29 is 10.2 Å². The predicted octanol–water partition coefficient (Wildman–Crippen LogP) is -1.20. The number of aromatic nitrogens is 2. The molecular formula is C8H14N4O2. The standard InChI is InChI=1S/C8H14N4O2/c9-3-1-6(13)7(14)5-2-4-11-8(10)12-5/h2,4,6-7,13-14H,1,3,9H2,(H2,10,11,12). The average Bonchev–Trinajstić information content (AvgIpc) is 2.17. The number of aliphatic hydroxyl groups excluding tert-OH is 2. The van der Waals surface area contributed by atoms with Crippen molar-refractivity contribution >= 4 is 5.95 Å². The Morgan fingerprint density at radius 1 is 1.43 bits per heavy atom. The van der Waals surface area contributed by atoms with Crippen LogP contribution in [0.2, 0.25) is 0 Å². The van der Waals surface area contributed by atoms with Crippen LogP contribution in [0.1, 0.15) is 18.2 Å². The lowest BCUT2D eigenvalue weighted by molar-refractivity contribution is 0.0125. The minimum Gasteiger partial charge on any atom is -0.390 e. The van der Waals surface area contributed by atoms with Crippen LogP contribution in [0.15, 0.2) is 12.3 Å². The highest BCUT2D eigenvalue weighted by Gasteiger charge is 2.18. The summed E-state index contributed by atoms with van der Waals surface area (Å²) in [5, 5.41) is 19.0. The van der Waals surface area contributed by atoms with Gasteiger partial charge in [0.15, 0.2) is 0 Å². The first kappa shape index (κ1) is 10.8. The first-order chi connectivity index (χ1) is 6.65. The summed E-state index contributed by atoms with van der Waals surface area (Å²) in [5.74, 6) is 0.0708. The maximum absolute atomic E-state index is 9.59. The summed E-state index contributed by atoms with van der Waals surface area (Å²) in [7, 11) is 0. The van der Waals surface area contributed by atoms with E-state index in [2.05, 4.69) is 9.97 Å². The van der Waals surface area contributed by atoms with Crippen molar-refractivity contribution in [3.63, 3.8) is 0 Å². The molecule has 0 fully saturated rings. The van der Waals surface area contributed by atoms with E-state index >= 15 is 0 Å². The van der Waals surface area contributed by atoms with Crippen LogP contribution in [-0.4, -0.2) is 32.8 Å². The quantitative estimate of drug-likeness (QED) is 0.482. The van der Waals surface area contributed by atoms with Gasteiger partial charge in [-0.05, 0) is 19.0 Å². The molecule has 0 saturated heterocycles. The Bertz CT molecular complexity index is 294. The molecule has 0 aromatic carbocycles. The second-order valence-corrected chi connectivity index (χ2v) is 2.93. The molecule has 14 heavy (non-hydrogen) atoms. The monoisotopic (exact) mass is 198 g/mol. The first-order valence-corrected chi connectivity index (χ1v) is 4.29. The Balaban J connectivity index is 2.73. The molecule has 0 aliphatic rings. The second-order valence-electron chi connectivity index (χ2n) is 2.93. The average molecular weight is 198 g/mol. The van der Waals surface area contributed by atoms with E-state index in [4.69, 9.17) is 11.5 Å². The van der Waals surface area contributed by atoms with Gasteiger partial charge in [-0.3, -0.25) is 0 Å². The van der Waals surface area contributed by atoms with E-state index in [0.717, 1.165) is 0 Å². The summed E-state index contributed by atoms with van der Waals surface area (Å²) in [6.07, 6.45) is -0.251.